The predicted molar refractivity (Wildman–Crippen MR) is 130 cm³/mol. The summed E-state index contributed by atoms with van der Waals surface area (Å²) in [5, 5.41) is 26.1. The van der Waals surface area contributed by atoms with E-state index in [0.717, 1.165) is 5.56 Å². The Morgan fingerprint density at radius 3 is 2.34 bits per heavy atom. The van der Waals surface area contributed by atoms with Crippen molar-refractivity contribution in [2.24, 2.45) is 5.10 Å². The molecule has 4 rings (SSSR count). The molecule has 0 fully saturated rings. The van der Waals surface area contributed by atoms with Crippen LogP contribution in [-0.4, -0.2) is 37.7 Å². The van der Waals surface area contributed by atoms with Crippen LogP contribution in [0.5, 0.6) is 0 Å². The van der Waals surface area contributed by atoms with Gasteiger partial charge in [-0.1, -0.05) is 18.2 Å². The summed E-state index contributed by atoms with van der Waals surface area (Å²) in [4.78, 5) is 41.0. The number of H-pyrrole nitrogens is 1. The van der Waals surface area contributed by atoms with Crippen LogP contribution < -0.4 is 10.6 Å². The highest BCUT2D eigenvalue weighted by molar-refractivity contribution is 6.29. The van der Waals surface area contributed by atoms with Gasteiger partial charge in [0, 0.05) is 5.69 Å². The van der Waals surface area contributed by atoms with E-state index in [0.29, 0.717) is 33.9 Å². The van der Waals surface area contributed by atoms with Crippen LogP contribution in [0.1, 0.15) is 34.1 Å². The van der Waals surface area contributed by atoms with Gasteiger partial charge in [-0.25, -0.2) is 14.4 Å². The topological polar surface area (TPSA) is 137 Å². The van der Waals surface area contributed by atoms with E-state index in [9.17, 15) is 14.4 Å². The fourth-order valence-electron chi connectivity index (χ4n) is 3.62. The fraction of sp³-hybridized carbons (Fsp3) is 0.120. The molecule has 0 bridgehead atoms. The van der Waals surface area contributed by atoms with Crippen LogP contribution in [0.25, 0.3) is 11.8 Å². The summed E-state index contributed by atoms with van der Waals surface area (Å²) in [5.41, 5.74) is 3.62. The second-order valence-electron chi connectivity index (χ2n) is 7.82. The Labute approximate surface area is 199 Å². The number of carbonyl (C=O) groups is 2. The number of hydrazone groups is 1. The lowest BCUT2D eigenvalue weighted by molar-refractivity contribution is -0.253. The van der Waals surface area contributed by atoms with Crippen molar-refractivity contribution in [2.75, 3.05) is 5.01 Å². The molecule has 1 amide bonds. The number of anilines is 1. The van der Waals surface area contributed by atoms with Gasteiger partial charge >= 0.3 is 5.97 Å². The van der Waals surface area contributed by atoms with Crippen LogP contribution in [0.15, 0.2) is 76.2 Å². The van der Waals surface area contributed by atoms with Crippen molar-refractivity contribution in [3.63, 3.8) is 0 Å². The predicted octanol–water partition coefficient (Wildman–Crippen LogP) is 3.52. The number of nitrogens with one attached hydrogen (secondary N) is 1. The number of benzene rings is 2. The molecule has 0 aliphatic carbocycles. The van der Waals surface area contributed by atoms with Gasteiger partial charge in [-0.3, -0.25) is 19.9 Å². The largest absolute Gasteiger partial charge is 0.478 e. The standard InChI is InChI=1S/C25H22N4O6/c1-15-21(23(30)28(26-15)19-10-6-17(7-11-19)14-35-34)4-3-5-22-16(2)27-29(24(22)31)20-12-8-18(9-13-20)25(32)33/h3-13,26,34H,14H2,1-2H3,(H,32,33). The van der Waals surface area contributed by atoms with Crippen LogP contribution in [0.2, 0.25) is 0 Å². The first kappa shape index (κ1) is 23.6. The van der Waals surface area contributed by atoms with Crippen LogP contribution in [0.4, 0.5) is 5.69 Å². The minimum Gasteiger partial charge on any atom is -0.478 e. The Hall–Kier alpha value is -4.54. The number of carbonyl (C=O) groups excluding carboxylic acids is 1. The van der Waals surface area contributed by atoms with Crippen molar-refractivity contribution in [1.82, 2.24) is 9.78 Å². The zero-order chi connectivity index (χ0) is 25.1. The molecule has 10 nitrogen and oxygen atoms in total. The number of hydrogen-bond donors (Lipinski definition) is 3. The third-order valence-corrected chi connectivity index (χ3v) is 5.49. The molecule has 35 heavy (non-hydrogen) atoms. The third-order valence-electron chi connectivity index (χ3n) is 5.49. The number of aromatic carboxylic acids is 1. The van der Waals surface area contributed by atoms with Crippen LogP contribution >= 0.6 is 0 Å². The molecule has 0 unspecified atom stereocenters. The van der Waals surface area contributed by atoms with Gasteiger partial charge in [0.1, 0.15) is 6.61 Å². The number of aromatic amines is 1. The van der Waals surface area contributed by atoms with Gasteiger partial charge in [-0.2, -0.15) is 10.1 Å². The quantitative estimate of drug-likeness (QED) is 0.272. The Morgan fingerprint density at radius 1 is 1.06 bits per heavy atom. The van der Waals surface area contributed by atoms with Crippen molar-refractivity contribution < 1.29 is 24.8 Å². The van der Waals surface area contributed by atoms with Gasteiger partial charge in [-0.05, 0) is 68.0 Å². The summed E-state index contributed by atoms with van der Waals surface area (Å²) in [6, 6.07) is 12.8. The second-order valence-corrected chi connectivity index (χ2v) is 7.82. The Bertz CT molecular complexity index is 1430. The molecule has 3 N–H and O–H groups in total. The highest BCUT2D eigenvalue weighted by atomic mass is 17.1. The second kappa shape index (κ2) is 9.75. The lowest BCUT2D eigenvalue weighted by Crippen LogP contribution is -2.21. The number of nitrogens with zero attached hydrogens (tertiary/aromatic N) is 3. The molecule has 0 spiro atoms. The number of amides is 1. The molecule has 0 saturated carbocycles. The highest BCUT2D eigenvalue weighted by Crippen LogP contribution is 2.24. The number of hydrogen-bond acceptors (Lipinski definition) is 6. The molecular formula is C25H22N4O6. The van der Waals surface area contributed by atoms with Gasteiger partial charge in [0.25, 0.3) is 11.5 Å². The van der Waals surface area contributed by atoms with Crippen molar-refractivity contribution >= 4 is 29.4 Å². The normalized spacial score (nSPS) is 14.8. The van der Waals surface area contributed by atoms with Gasteiger partial charge in [0.15, 0.2) is 0 Å². The molecule has 2 aromatic carbocycles. The summed E-state index contributed by atoms with van der Waals surface area (Å²) in [6.07, 6.45) is 4.83. The molecule has 2 heterocycles. The maximum atomic E-state index is 12.9. The minimum atomic E-state index is -1.05. The van der Waals surface area contributed by atoms with Crippen molar-refractivity contribution in [3.05, 3.63) is 99.0 Å². The Morgan fingerprint density at radius 2 is 1.71 bits per heavy atom. The first-order valence-electron chi connectivity index (χ1n) is 10.6. The molecule has 1 aliphatic rings. The maximum absolute atomic E-state index is 12.9. The molecule has 0 atom stereocenters. The molecule has 0 radical (unpaired) electrons. The van der Waals surface area contributed by atoms with E-state index in [1.165, 1.54) is 34.0 Å². The van der Waals surface area contributed by atoms with E-state index in [2.05, 4.69) is 15.1 Å². The van der Waals surface area contributed by atoms with Crippen LogP contribution in [0, 0.1) is 6.92 Å². The highest BCUT2D eigenvalue weighted by Gasteiger charge is 2.28. The molecule has 1 aromatic heterocycles. The monoisotopic (exact) mass is 474 g/mol. The molecule has 1 aliphatic heterocycles. The third kappa shape index (κ3) is 4.74. The number of carboxylic acid groups (broad SMARTS) is 1. The van der Waals surface area contributed by atoms with Gasteiger partial charge in [-0.15, -0.1) is 0 Å². The lowest BCUT2D eigenvalue weighted by atomic mass is 10.1. The molecule has 0 saturated heterocycles. The van der Waals surface area contributed by atoms with Gasteiger partial charge in [0.05, 0.1) is 33.8 Å². The van der Waals surface area contributed by atoms with E-state index in [1.54, 1.807) is 56.3 Å². The summed E-state index contributed by atoms with van der Waals surface area (Å²) in [5.74, 6) is -1.41. The number of rotatable bonds is 7. The Kier molecular flexibility index (Phi) is 6.58. The minimum absolute atomic E-state index is 0.0497. The summed E-state index contributed by atoms with van der Waals surface area (Å²) < 4.78 is 1.40. The van der Waals surface area contributed by atoms with Gasteiger partial charge < -0.3 is 5.11 Å². The number of carboxylic acids is 1. The maximum Gasteiger partial charge on any atom is 0.335 e. The molecule has 10 heteroatoms. The van der Waals surface area contributed by atoms with Crippen LogP contribution in [-0.2, 0) is 16.3 Å². The first-order chi connectivity index (χ1) is 16.8. The molecular weight excluding hydrogens is 452 g/mol. The van der Waals surface area contributed by atoms with E-state index in [-0.39, 0.29) is 23.6 Å². The average molecular weight is 474 g/mol. The fourth-order valence-corrected chi connectivity index (χ4v) is 3.62. The van der Waals surface area contributed by atoms with Crippen LogP contribution in [0.3, 0.4) is 0 Å². The Balaban J connectivity index is 1.54. The van der Waals surface area contributed by atoms with Crippen molar-refractivity contribution in [1.29, 1.82) is 0 Å². The number of aryl methyl sites for hydroxylation is 1. The average Bonchev–Trinajstić information content (AvgIpc) is 3.29. The molecule has 178 valence electrons. The first-order valence-corrected chi connectivity index (χ1v) is 10.6. The van der Waals surface area contributed by atoms with E-state index in [1.807, 2.05) is 0 Å². The number of allylic oxidation sites excluding steroid dienone is 2. The summed E-state index contributed by atoms with van der Waals surface area (Å²) in [6.45, 7) is 3.52. The number of aromatic nitrogens is 2. The smallest absolute Gasteiger partial charge is 0.335 e. The lowest BCUT2D eigenvalue weighted by Gasteiger charge is -2.11. The zero-order valence-corrected chi connectivity index (χ0v) is 18.9. The summed E-state index contributed by atoms with van der Waals surface area (Å²) >= 11 is 0. The summed E-state index contributed by atoms with van der Waals surface area (Å²) in [7, 11) is 0. The van der Waals surface area contributed by atoms with Gasteiger partial charge in [0.2, 0.25) is 0 Å². The molecule has 3 aromatic rings. The van der Waals surface area contributed by atoms with E-state index >= 15 is 0 Å². The van der Waals surface area contributed by atoms with E-state index < -0.39 is 5.97 Å². The van der Waals surface area contributed by atoms with E-state index in [4.69, 9.17) is 10.4 Å². The van der Waals surface area contributed by atoms with Crippen molar-refractivity contribution in [3.8, 4) is 5.69 Å². The zero-order valence-electron chi connectivity index (χ0n) is 18.9. The van der Waals surface area contributed by atoms with Crippen molar-refractivity contribution in [2.45, 2.75) is 20.5 Å². The SMILES string of the molecule is CC1=NN(c2ccc(C(=O)O)cc2)C(=O)C1=CC=Cc1c(C)[nH]n(-c2ccc(COO)cc2)c1=O.